The van der Waals surface area contributed by atoms with Crippen molar-refractivity contribution in [1.29, 1.82) is 0 Å². The van der Waals surface area contributed by atoms with Gasteiger partial charge in [0.1, 0.15) is 0 Å². The van der Waals surface area contributed by atoms with Gasteiger partial charge in [-0.15, -0.1) is 11.3 Å². The smallest absolute Gasteiger partial charge is 0.158 e. The van der Waals surface area contributed by atoms with Crippen LogP contribution in [0.25, 0.3) is 5.76 Å². The lowest BCUT2D eigenvalue weighted by atomic mass is 10.3. The third kappa shape index (κ3) is 2.10. The Kier molecular flexibility index (Phi) is 3.09. The summed E-state index contributed by atoms with van der Waals surface area (Å²) < 4.78 is 5.29. The summed E-state index contributed by atoms with van der Waals surface area (Å²) in [5.74, 6) is 0.904. The molecule has 72 valence electrons. The van der Waals surface area contributed by atoms with Crippen molar-refractivity contribution in [3.05, 3.63) is 21.2 Å². The average molecular weight is 197 g/mol. The predicted octanol–water partition coefficient (Wildman–Crippen LogP) is 3.16. The first-order chi connectivity index (χ1) is 6.06. The van der Waals surface area contributed by atoms with Crippen LogP contribution >= 0.6 is 11.3 Å². The zero-order valence-corrected chi connectivity index (χ0v) is 9.58. The van der Waals surface area contributed by atoms with Crippen LogP contribution in [0.1, 0.15) is 29.4 Å². The number of aromatic nitrogens is 1. The van der Waals surface area contributed by atoms with E-state index in [0.717, 1.165) is 22.0 Å². The van der Waals surface area contributed by atoms with E-state index in [1.807, 2.05) is 20.8 Å². The molecular weight excluding hydrogens is 182 g/mol. The molecule has 0 aliphatic heterocycles. The minimum absolute atomic E-state index is 0.904. The summed E-state index contributed by atoms with van der Waals surface area (Å²) in [6.45, 7) is 8.16. The Labute approximate surface area is 83.3 Å². The van der Waals surface area contributed by atoms with Crippen LogP contribution < -0.4 is 0 Å². The zero-order valence-electron chi connectivity index (χ0n) is 8.76. The molecule has 0 N–H and O–H groups in total. The van der Waals surface area contributed by atoms with Crippen LogP contribution in [-0.4, -0.2) is 12.1 Å². The highest BCUT2D eigenvalue weighted by atomic mass is 32.1. The molecule has 1 rings (SSSR count). The monoisotopic (exact) mass is 197 g/mol. The van der Waals surface area contributed by atoms with Gasteiger partial charge in [-0.3, -0.25) is 0 Å². The van der Waals surface area contributed by atoms with Crippen LogP contribution in [0.15, 0.2) is 5.57 Å². The van der Waals surface area contributed by atoms with Gasteiger partial charge < -0.3 is 4.74 Å². The fraction of sp³-hybridized carbons (Fsp3) is 0.500. The lowest BCUT2D eigenvalue weighted by Gasteiger charge is -2.03. The molecule has 3 heteroatoms. The van der Waals surface area contributed by atoms with E-state index >= 15 is 0 Å². The Morgan fingerprint density at radius 2 is 1.92 bits per heavy atom. The second-order valence-corrected chi connectivity index (χ2v) is 4.40. The molecule has 0 aliphatic rings. The first-order valence-corrected chi connectivity index (χ1v) is 5.03. The van der Waals surface area contributed by atoms with Crippen LogP contribution in [-0.2, 0) is 4.74 Å². The second-order valence-electron chi connectivity index (χ2n) is 3.19. The van der Waals surface area contributed by atoms with Crippen molar-refractivity contribution in [3.63, 3.8) is 0 Å². The first-order valence-electron chi connectivity index (χ1n) is 4.22. The molecule has 0 amide bonds. The zero-order chi connectivity index (χ0) is 10.0. The Hall–Kier alpha value is -0.830. The third-order valence-corrected chi connectivity index (χ3v) is 2.95. The molecule has 0 unspecified atom stereocenters. The van der Waals surface area contributed by atoms with Gasteiger partial charge in [0.2, 0.25) is 0 Å². The number of hydrogen-bond acceptors (Lipinski definition) is 3. The molecule has 13 heavy (non-hydrogen) atoms. The molecular formula is C10H15NOS. The van der Waals surface area contributed by atoms with Crippen molar-refractivity contribution in [2.75, 3.05) is 7.11 Å². The molecule has 0 fully saturated rings. The predicted molar refractivity (Wildman–Crippen MR) is 56.9 cm³/mol. The van der Waals surface area contributed by atoms with Gasteiger partial charge in [-0.25, -0.2) is 4.98 Å². The molecule has 1 aromatic rings. The minimum Gasteiger partial charge on any atom is -0.494 e. The molecule has 0 atom stereocenters. The Bertz CT molecular complexity index is 315. The van der Waals surface area contributed by atoms with Crippen LogP contribution in [0.3, 0.4) is 0 Å². The quantitative estimate of drug-likeness (QED) is 0.679. The normalized spacial score (nSPS) is 9.92. The Morgan fingerprint density at radius 3 is 2.23 bits per heavy atom. The van der Waals surface area contributed by atoms with E-state index in [1.165, 1.54) is 4.88 Å². The van der Waals surface area contributed by atoms with Gasteiger partial charge >= 0.3 is 0 Å². The van der Waals surface area contributed by atoms with Crippen LogP contribution in [0.5, 0.6) is 0 Å². The molecule has 0 aromatic carbocycles. The van der Waals surface area contributed by atoms with Gasteiger partial charge in [-0.1, -0.05) is 0 Å². The van der Waals surface area contributed by atoms with Crippen molar-refractivity contribution >= 4 is 17.1 Å². The summed E-state index contributed by atoms with van der Waals surface area (Å²) in [7, 11) is 1.69. The van der Waals surface area contributed by atoms with Gasteiger partial charge in [-0.2, -0.15) is 0 Å². The summed E-state index contributed by atoms with van der Waals surface area (Å²) in [5.41, 5.74) is 2.26. The molecule has 0 bridgehead atoms. The molecule has 0 spiro atoms. The van der Waals surface area contributed by atoms with E-state index in [-0.39, 0.29) is 0 Å². The topological polar surface area (TPSA) is 22.1 Å². The van der Waals surface area contributed by atoms with Crippen molar-refractivity contribution in [2.45, 2.75) is 27.7 Å². The maximum Gasteiger partial charge on any atom is 0.158 e. The van der Waals surface area contributed by atoms with Crippen LogP contribution in [0, 0.1) is 13.8 Å². The van der Waals surface area contributed by atoms with Gasteiger partial charge in [0.05, 0.1) is 12.8 Å². The van der Waals surface area contributed by atoms with Crippen molar-refractivity contribution in [2.24, 2.45) is 0 Å². The molecule has 1 aromatic heterocycles. The Balaban J connectivity index is 3.14. The van der Waals surface area contributed by atoms with Gasteiger partial charge in [0, 0.05) is 4.88 Å². The number of methoxy groups -OCH3 is 1. The maximum absolute atomic E-state index is 5.29. The highest BCUT2D eigenvalue weighted by molar-refractivity contribution is 7.12. The number of ether oxygens (including phenoxy) is 1. The lowest BCUT2D eigenvalue weighted by molar-refractivity contribution is 0.366. The number of aryl methyl sites for hydroxylation is 2. The summed E-state index contributed by atoms with van der Waals surface area (Å²) in [5, 5.41) is 0.984. The standard InChI is InChI=1S/C10H15NOS/c1-6(2)9(12-5)10-11-7(3)8(4)13-10/h1-5H3. The molecule has 0 saturated heterocycles. The fourth-order valence-electron chi connectivity index (χ4n) is 1.08. The van der Waals surface area contributed by atoms with E-state index in [0.29, 0.717) is 0 Å². The number of thiazole rings is 1. The highest BCUT2D eigenvalue weighted by Crippen LogP contribution is 2.26. The van der Waals surface area contributed by atoms with Crippen LogP contribution in [0.4, 0.5) is 0 Å². The number of nitrogens with zero attached hydrogens (tertiary/aromatic N) is 1. The summed E-state index contributed by atoms with van der Waals surface area (Å²) >= 11 is 1.68. The average Bonchev–Trinajstić information content (AvgIpc) is 2.32. The van der Waals surface area contributed by atoms with Crippen LogP contribution in [0.2, 0.25) is 0 Å². The van der Waals surface area contributed by atoms with E-state index in [4.69, 9.17) is 4.74 Å². The third-order valence-electron chi connectivity index (χ3n) is 1.88. The minimum atomic E-state index is 0.904. The lowest BCUT2D eigenvalue weighted by Crippen LogP contribution is -1.89. The molecule has 2 nitrogen and oxygen atoms in total. The number of allylic oxidation sites excluding steroid dienone is 1. The molecule has 0 saturated carbocycles. The maximum atomic E-state index is 5.29. The fourth-order valence-corrected chi connectivity index (χ4v) is 2.12. The van der Waals surface area contributed by atoms with Gasteiger partial charge in [0.25, 0.3) is 0 Å². The number of hydrogen-bond donors (Lipinski definition) is 0. The highest BCUT2D eigenvalue weighted by Gasteiger charge is 2.10. The van der Waals surface area contributed by atoms with Crippen molar-refractivity contribution in [1.82, 2.24) is 4.98 Å². The molecule has 0 radical (unpaired) electrons. The van der Waals surface area contributed by atoms with Gasteiger partial charge in [0.15, 0.2) is 10.8 Å². The van der Waals surface area contributed by atoms with Gasteiger partial charge in [-0.05, 0) is 33.3 Å². The van der Waals surface area contributed by atoms with Crippen molar-refractivity contribution < 1.29 is 4.74 Å². The summed E-state index contributed by atoms with van der Waals surface area (Å²) in [6, 6.07) is 0. The van der Waals surface area contributed by atoms with E-state index < -0.39 is 0 Å². The van der Waals surface area contributed by atoms with Crippen molar-refractivity contribution in [3.8, 4) is 0 Å². The molecule has 0 aliphatic carbocycles. The van der Waals surface area contributed by atoms with E-state index in [1.54, 1.807) is 18.4 Å². The SMILES string of the molecule is COC(=C(C)C)c1nc(C)c(C)s1. The summed E-state index contributed by atoms with van der Waals surface area (Å²) in [6.07, 6.45) is 0. The van der Waals surface area contributed by atoms with E-state index in [2.05, 4.69) is 11.9 Å². The summed E-state index contributed by atoms with van der Waals surface area (Å²) in [4.78, 5) is 5.69. The van der Waals surface area contributed by atoms with E-state index in [9.17, 15) is 0 Å². The molecule has 1 heterocycles. The first kappa shape index (κ1) is 10.3. The number of rotatable bonds is 2. The Morgan fingerprint density at radius 1 is 1.31 bits per heavy atom. The largest absolute Gasteiger partial charge is 0.494 e. The second kappa shape index (κ2) is 3.92.